The van der Waals surface area contributed by atoms with Crippen molar-refractivity contribution in [3.05, 3.63) is 35.9 Å². The lowest BCUT2D eigenvalue weighted by atomic mass is 10.0. The molecule has 0 fully saturated rings. The average molecular weight is 273 g/mol. The average Bonchev–Trinajstić information content (AvgIpc) is 2.26. The normalized spacial score (nSPS) is 12.8. The van der Waals surface area contributed by atoms with Crippen LogP contribution in [-0.2, 0) is 9.59 Å². The van der Waals surface area contributed by atoms with Gasteiger partial charge in [-0.15, -0.1) is 0 Å². The molecule has 19 heavy (non-hydrogen) atoms. The highest BCUT2D eigenvalue weighted by atomic mass is 19.4. The van der Waals surface area contributed by atoms with Crippen molar-refractivity contribution >= 4 is 11.7 Å². The molecular formula is C13H14F3NO2. The number of carbonyl (C=O) groups is 2. The lowest BCUT2D eigenvalue weighted by Crippen LogP contribution is -2.32. The number of nitrogens with one attached hydrogen (secondary N) is 1. The van der Waals surface area contributed by atoms with E-state index in [0.717, 1.165) is 0 Å². The van der Waals surface area contributed by atoms with Crippen LogP contribution in [0, 0.1) is 0 Å². The van der Waals surface area contributed by atoms with Crippen molar-refractivity contribution in [3.8, 4) is 0 Å². The summed E-state index contributed by atoms with van der Waals surface area (Å²) in [5.41, 5.74) is 0.358. The van der Waals surface area contributed by atoms with Gasteiger partial charge in [0, 0.05) is 0 Å². The maximum absolute atomic E-state index is 12.5. The highest BCUT2D eigenvalue weighted by Gasteiger charge is 2.33. The van der Waals surface area contributed by atoms with Gasteiger partial charge in [-0.1, -0.05) is 30.3 Å². The summed E-state index contributed by atoms with van der Waals surface area (Å²) in [4.78, 5) is 22.2. The van der Waals surface area contributed by atoms with E-state index in [1.807, 2.05) is 0 Å². The van der Waals surface area contributed by atoms with Crippen LogP contribution in [0.5, 0.6) is 0 Å². The smallest absolute Gasteiger partial charge is 0.349 e. The Hall–Kier alpha value is -1.85. The van der Waals surface area contributed by atoms with E-state index in [-0.39, 0.29) is 0 Å². The van der Waals surface area contributed by atoms with Gasteiger partial charge in [0.05, 0.1) is 18.9 Å². The quantitative estimate of drug-likeness (QED) is 0.838. The molecule has 0 aliphatic carbocycles. The Morgan fingerprint density at radius 3 is 2.26 bits per heavy atom. The molecule has 0 spiro atoms. The summed E-state index contributed by atoms with van der Waals surface area (Å²) in [5.74, 6) is -1.10. The molecule has 1 aromatic rings. The predicted octanol–water partition coefficient (Wildman–Crippen LogP) is 2.78. The highest BCUT2D eigenvalue weighted by Crippen LogP contribution is 2.29. The minimum Gasteiger partial charge on any atom is -0.349 e. The van der Waals surface area contributed by atoms with Gasteiger partial charge in [-0.25, -0.2) is 0 Å². The summed E-state index contributed by atoms with van der Waals surface area (Å²) in [6.07, 6.45) is -5.98. The Balaban J connectivity index is 2.82. The molecular weight excluding hydrogens is 259 g/mol. The summed E-state index contributed by atoms with van der Waals surface area (Å²) in [7, 11) is 0. The van der Waals surface area contributed by atoms with Gasteiger partial charge in [-0.3, -0.25) is 9.59 Å². The van der Waals surface area contributed by atoms with Crippen molar-refractivity contribution in [3.63, 3.8) is 0 Å². The summed E-state index contributed by atoms with van der Waals surface area (Å²) >= 11 is 0. The van der Waals surface area contributed by atoms with Gasteiger partial charge < -0.3 is 5.32 Å². The van der Waals surface area contributed by atoms with E-state index in [4.69, 9.17) is 0 Å². The predicted molar refractivity (Wildman–Crippen MR) is 63.3 cm³/mol. The van der Waals surface area contributed by atoms with Crippen LogP contribution in [0.25, 0.3) is 0 Å². The first-order chi connectivity index (χ1) is 8.78. The molecule has 0 radical (unpaired) electrons. The van der Waals surface area contributed by atoms with Gasteiger partial charge in [0.2, 0.25) is 5.91 Å². The third-order valence-electron chi connectivity index (χ3n) is 2.38. The van der Waals surface area contributed by atoms with E-state index in [2.05, 4.69) is 5.32 Å². The molecule has 0 saturated carbocycles. The van der Waals surface area contributed by atoms with Gasteiger partial charge in [-0.05, 0) is 12.5 Å². The van der Waals surface area contributed by atoms with Crippen LogP contribution in [-0.4, -0.2) is 17.9 Å². The van der Waals surface area contributed by atoms with Crippen LogP contribution in [0.3, 0.4) is 0 Å². The number of carbonyl (C=O) groups excluding carboxylic acids is 2. The molecule has 1 unspecified atom stereocenters. The van der Waals surface area contributed by atoms with Crippen LogP contribution in [0.15, 0.2) is 30.3 Å². The van der Waals surface area contributed by atoms with Gasteiger partial charge in [-0.2, -0.15) is 13.2 Å². The standard InChI is InChI=1S/C13H14F3NO2/c1-9(18)7-12(19)17-11(8-13(14,15)16)10-5-3-2-4-6-10/h2-6,11H,7-8H2,1H3,(H,17,19). The molecule has 3 nitrogen and oxygen atoms in total. The maximum Gasteiger partial charge on any atom is 0.391 e. The number of amides is 1. The zero-order valence-electron chi connectivity index (χ0n) is 10.3. The first-order valence-electron chi connectivity index (χ1n) is 5.68. The Morgan fingerprint density at radius 2 is 1.79 bits per heavy atom. The minimum absolute atomic E-state index is 0.358. The molecule has 1 aromatic carbocycles. The highest BCUT2D eigenvalue weighted by molar-refractivity contribution is 5.96. The molecule has 0 aromatic heterocycles. The second kappa shape index (κ2) is 6.36. The second-order valence-corrected chi connectivity index (χ2v) is 4.23. The monoisotopic (exact) mass is 273 g/mol. The molecule has 0 aliphatic heterocycles. The number of ketones is 1. The number of rotatable bonds is 5. The Kier molecular flexibility index (Phi) is 5.09. The van der Waals surface area contributed by atoms with Crippen LogP contribution in [0.2, 0.25) is 0 Å². The molecule has 1 amide bonds. The molecule has 1 N–H and O–H groups in total. The van der Waals surface area contributed by atoms with Gasteiger partial charge in [0.25, 0.3) is 0 Å². The van der Waals surface area contributed by atoms with E-state index in [0.29, 0.717) is 5.56 Å². The lowest BCUT2D eigenvalue weighted by Gasteiger charge is -2.20. The summed E-state index contributed by atoms with van der Waals surface area (Å²) in [6, 6.07) is 6.69. The summed E-state index contributed by atoms with van der Waals surface area (Å²) in [6.45, 7) is 1.21. The van der Waals surface area contributed by atoms with Crippen LogP contribution < -0.4 is 5.32 Å². The molecule has 6 heteroatoms. The first kappa shape index (κ1) is 15.2. The lowest BCUT2D eigenvalue weighted by molar-refractivity contribution is -0.143. The van der Waals surface area contributed by atoms with Crippen LogP contribution >= 0.6 is 0 Å². The molecule has 0 bridgehead atoms. The second-order valence-electron chi connectivity index (χ2n) is 4.23. The summed E-state index contributed by atoms with van der Waals surface area (Å²) < 4.78 is 37.5. The van der Waals surface area contributed by atoms with E-state index in [1.54, 1.807) is 18.2 Å². The Morgan fingerprint density at radius 1 is 1.21 bits per heavy atom. The van der Waals surface area contributed by atoms with Crippen molar-refractivity contribution < 1.29 is 22.8 Å². The van der Waals surface area contributed by atoms with Gasteiger partial charge in [0.1, 0.15) is 5.78 Å². The zero-order chi connectivity index (χ0) is 14.5. The Bertz CT molecular complexity index is 443. The van der Waals surface area contributed by atoms with Crippen molar-refractivity contribution in [2.75, 3.05) is 0 Å². The molecule has 1 atom stereocenters. The number of Topliss-reactive ketones (excluding diaryl/α,β-unsaturated/α-hetero) is 1. The third kappa shape index (κ3) is 6.03. The number of benzene rings is 1. The molecule has 0 saturated heterocycles. The number of alkyl halides is 3. The van der Waals surface area contributed by atoms with Gasteiger partial charge >= 0.3 is 6.18 Å². The zero-order valence-corrected chi connectivity index (χ0v) is 10.3. The van der Waals surface area contributed by atoms with Crippen LogP contribution in [0.1, 0.15) is 31.4 Å². The fourth-order valence-electron chi connectivity index (χ4n) is 1.64. The minimum atomic E-state index is -4.40. The van der Waals surface area contributed by atoms with Crippen molar-refractivity contribution in [1.29, 1.82) is 0 Å². The maximum atomic E-state index is 12.5. The molecule has 0 aliphatic rings. The fourth-order valence-corrected chi connectivity index (χ4v) is 1.64. The van der Waals surface area contributed by atoms with E-state index in [1.165, 1.54) is 19.1 Å². The van der Waals surface area contributed by atoms with Crippen molar-refractivity contribution in [1.82, 2.24) is 5.32 Å². The van der Waals surface area contributed by atoms with Gasteiger partial charge in [0.15, 0.2) is 0 Å². The third-order valence-corrected chi connectivity index (χ3v) is 2.38. The largest absolute Gasteiger partial charge is 0.391 e. The topological polar surface area (TPSA) is 46.2 Å². The SMILES string of the molecule is CC(=O)CC(=O)NC(CC(F)(F)F)c1ccccc1. The molecule has 1 rings (SSSR count). The van der Waals surface area contributed by atoms with Crippen molar-refractivity contribution in [2.24, 2.45) is 0 Å². The number of hydrogen-bond acceptors (Lipinski definition) is 2. The summed E-state index contributed by atoms with van der Waals surface area (Å²) in [5, 5.41) is 2.24. The molecule has 0 heterocycles. The fraction of sp³-hybridized carbons (Fsp3) is 0.385. The van der Waals surface area contributed by atoms with E-state index >= 15 is 0 Å². The van der Waals surface area contributed by atoms with Crippen LogP contribution in [0.4, 0.5) is 13.2 Å². The number of halogens is 3. The Labute approximate surface area is 108 Å². The van der Waals surface area contributed by atoms with E-state index < -0.39 is 36.8 Å². The first-order valence-corrected chi connectivity index (χ1v) is 5.68. The number of hydrogen-bond donors (Lipinski definition) is 1. The van der Waals surface area contributed by atoms with Crippen molar-refractivity contribution in [2.45, 2.75) is 32.0 Å². The van der Waals surface area contributed by atoms with E-state index in [9.17, 15) is 22.8 Å². The molecule has 104 valence electrons.